The number of rotatable bonds is 13. The van der Waals surface area contributed by atoms with Crippen molar-refractivity contribution in [2.45, 2.75) is 52.0 Å². The number of thiol groups is 1. The number of ether oxygens (including phenoxy) is 1. The SMILES string of the molecule is CNC(=O)c1c(-c2ccc(C)cc2)oc2nc(CN(CCCC(C)(COC)C(=O)O)[SH](=O)=O)c(C3CC3)cc12. The number of pyridine rings is 1. The maximum Gasteiger partial charge on any atom is 0.311 e. The molecular weight excluding hydrogens is 522 g/mol. The highest BCUT2D eigenvalue weighted by Crippen LogP contribution is 2.44. The van der Waals surface area contributed by atoms with E-state index in [2.05, 4.69) is 5.32 Å². The van der Waals surface area contributed by atoms with Crippen molar-refractivity contribution in [2.75, 3.05) is 27.3 Å². The molecule has 4 rings (SSSR count). The van der Waals surface area contributed by atoms with Crippen LogP contribution in [0.5, 0.6) is 0 Å². The van der Waals surface area contributed by atoms with E-state index in [1.165, 1.54) is 11.4 Å². The van der Waals surface area contributed by atoms with Crippen molar-refractivity contribution in [1.82, 2.24) is 14.6 Å². The summed E-state index contributed by atoms with van der Waals surface area (Å²) in [6.45, 7) is 3.78. The van der Waals surface area contributed by atoms with Gasteiger partial charge in [0.15, 0.2) is 0 Å². The van der Waals surface area contributed by atoms with Crippen LogP contribution < -0.4 is 5.32 Å². The molecule has 2 N–H and O–H groups in total. The first kappa shape index (κ1) is 28.7. The Labute approximate surface area is 229 Å². The van der Waals surface area contributed by atoms with E-state index >= 15 is 0 Å². The maximum absolute atomic E-state index is 13.0. The van der Waals surface area contributed by atoms with E-state index in [0.717, 1.165) is 29.5 Å². The van der Waals surface area contributed by atoms with E-state index in [9.17, 15) is 23.1 Å². The number of aliphatic carboxylic acids is 1. The third-order valence-corrected chi connectivity index (χ3v) is 8.07. The Morgan fingerprint density at radius 3 is 2.51 bits per heavy atom. The van der Waals surface area contributed by atoms with Gasteiger partial charge in [-0.05, 0) is 57.1 Å². The molecule has 0 saturated heterocycles. The van der Waals surface area contributed by atoms with Crippen LogP contribution in [0, 0.1) is 12.3 Å². The van der Waals surface area contributed by atoms with Crippen LogP contribution in [0.4, 0.5) is 0 Å². The number of benzene rings is 1. The van der Waals surface area contributed by atoms with Gasteiger partial charge in [-0.1, -0.05) is 29.8 Å². The third kappa shape index (κ3) is 6.32. The lowest BCUT2D eigenvalue weighted by atomic mass is 9.86. The molecule has 2 aromatic heterocycles. The lowest BCUT2D eigenvalue weighted by molar-refractivity contribution is -0.151. The van der Waals surface area contributed by atoms with Gasteiger partial charge in [-0.3, -0.25) is 9.59 Å². The van der Waals surface area contributed by atoms with E-state index in [-0.39, 0.29) is 43.7 Å². The predicted molar refractivity (Wildman–Crippen MR) is 147 cm³/mol. The van der Waals surface area contributed by atoms with Gasteiger partial charge in [0.25, 0.3) is 5.91 Å². The molecule has 1 fully saturated rings. The highest BCUT2D eigenvalue weighted by molar-refractivity contribution is 7.69. The van der Waals surface area contributed by atoms with Gasteiger partial charge in [0.2, 0.25) is 16.6 Å². The van der Waals surface area contributed by atoms with Crippen molar-refractivity contribution in [3.8, 4) is 11.3 Å². The van der Waals surface area contributed by atoms with Gasteiger partial charge in [0.1, 0.15) is 5.76 Å². The van der Waals surface area contributed by atoms with Gasteiger partial charge in [0, 0.05) is 26.3 Å². The number of nitrogens with one attached hydrogen (secondary N) is 1. The predicted octanol–water partition coefficient (Wildman–Crippen LogP) is 3.89. The van der Waals surface area contributed by atoms with E-state index in [1.807, 2.05) is 37.3 Å². The molecule has 10 nitrogen and oxygen atoms in total. The molecule has 1 aliphatic rings. The number of furan rings is 1. The fourth-order valence-corrected chi connectivity index (χ4v) is 5.36. The summed E-state index contributed by atoms with van der Waals surface area (Å²) in [4.78, 5) is 29.4. The smallest absolute Gasteiger partial charge is 0.311 e. The van der Waals surface area contributed by atoms with Crippen molar-refractivity contribution in [3.05, 3.63) is 52.7 Å². The summed E-state index contributed by atoms with van der Waals surface area (Å²) in [5, 5.41) is 12.9. The fourth-order valence-electron chi connectivity index (χ4n) is 4.81. The maximum atomic E-state index is 13.0. The minimum absolute atomic E-state index is 0.0322. The number of carbonyl (C=O) groups excluding carboxylic acids is 1. The van der Waals surface area contributed by atoms with Crippen molar-refractivity contribution in [3.63, 3.8) is 0 Å². The van der Waals surface area contributed by atoms with Gasteiger partial charge >= 0.3 is 5.97 Å². The lowest BCUT2D eigenvalue weighted by Crippen LogP contribution is -2.34. The average Bonchev–Trinajstić information content (AvgIpc) is 3.68. The monoisotopic (exact) mass is 557 g/mol. The molecule has 2 heterocycles. The lowest BCUT2D eigenvalue weighted by Gasteiger charge is -2.25. The number of carboxylic acids is 1. The minimum Gasteiger partial charge on any atom is -0.481 e. The molecule has 1 amide bonds. The fraction of sp³-hybridized carbons (Fsp3) is 0.464. The van der Waals surface area contributed by atoms with Gasteiger partial charge in [-0.2, -0.15) is 4.31 Å². The first-order chi connectivity index (χ1) is 18.6. The molecule has 39 heavy (non-hydrogen) atoms. The molecule has 0 bridgehead atoms. The van der Waals surface area contributed by atoms with Crippen LogP contribution in [0.1, 0.15) is 65.7 Å². The number of aromatic nitrogens is 1. The number of aryl methyl sites for hydroxylation is 1. The number of fused-ring (bicyclic) bond motifs is 1. The van der Waals surface area contributed by atoms with Crippen molar-refractivity contribution in [1.29, 1.82) is 0 Å². The number of methoxy groups -OCH3 is 1. The highest BCUT2D eigenvalue weighted by atomic mass is 32.2. The van der Waals surface area contributed by atoms with Gasteiger partial charge in [-0.15, -0.1) is 0 Å². The Morgan fingerprint density at radius 2 is 1.95 bits per heavy atom. The zero-order valence-electron chi connectivity index (χ0n) is 22.7. The largest absolute Gasteiger partial charge is 0.481 e. The van der Waals surface area contributed by atoms with Crippen LogP contribution >= 0.6 is 0 Å². The van der Waals surface area contributed by atoms with Crippen LogP contribution in [0.3, 0.4) is 0 Å². The number of carboxylic acid groups (broad SMARTS) is 1. The molecule has 1 aromatic carbocycles. The number of nitrogens with zero attached hydrogens (tertiary/aromatic N) is 2. The molecule has 210 valence electrons. The quantitative estimate of drug-likeness (QED) is 0.269. The molecule has 1 atom stereocenters. The highest BCUT2D eigenvalue weighted by Gasteiger charge is 2.34. The minimum atomic E-state index is -2.95. The van der Waals surface area contributed by atoms with Gasteiger partial charge < -0.3 is 19.6 Å². The molecule has 0 radical (unpaired) electrons. The van der Waals surface area contributed by atoms with E-state index < -0.39 is 22.3 Å². The number of amides is 1. The Morgan fingerprint density at radius 1 is 1.26 bits per heavy atom. The molecule has 1 unspecified atom stereocenters. The number of carbonyl (C=O) groups is 2. The molecule has 0 aliphatic heterocycles. The van der Waals surface area contributed by atoms with Crippen LogP contribution in [0.15, 0.2) is 34.7 Å². The Balaban J connectivity index is 1.69. The summed E-state index contributed by atoms with van der Waals surface area (Å²) in [5.41, 5.74) is 2.86. The summed E-state index contributed by atoms with van der Waals surface area (Å²) in [7, 11) is 0.0599. The standard InChI is InChI=1S/C28H35N3O7S/c1-17-6-8-19(9-7-17)24-23(25(32)29-3)21-14-20(18-10-11-18)22(30-26(21)38-24)15-31(39(35)36)13-5-12-28(2,16-37-4)27(33)34/h6-9,14,18,39H,5,10-13,15-16H2,1-4H3,(H,29,32)(H,33,34). The zero-order valence-corrected chi connectivity index (χ0v) is 23.5. The van der Waals surface area contributed by atoms with Crippen LogP contribution in [0.25, 0.3) is 22.4 Å². The van der Waals surface area contributed by atoms with Crippen molar-refractivity contribution >= 4 is 33.9 Å². The second-order valence-electron chi connectivity index (χ2n) is 10.4. The van der Waals surface area contributed by atoms with Crippen molar-refractivity contribution < 1.29 is 32.3 Å². The summed E-state index contributed by atoms with van der Waals surface area (Å²) in [6.07, 6.45) is 2.51. The molecule has 3 aromatic rings. The van der Waals surface area contributed by atoms with Crippen LogP contribution in [-0.4, -0.2) is 62.0 Å². The zero-order chi connectivity index (χ0) is 28.3. The normalized spacial score (nSPS) is 15.1. The first-order valence-corrected chi connectivity index (χ1v) is 14.1. The topological polar surface area (TPSA) is 139 Å². The van der Waals surface area contributed by atoms with E-state index in [1.54, 1.807) is 14.0 Å². The number of hydrogen-bond acceptors (Lipinski definition) is 7. The van der Waals surface area contributed by atoms with Crippen LogP contribution in [-0.2, 0) is 27.0 Å². The third-order valence-electron chi connectivity index (χ3n) is 7.27. The molecule has 0 spiro atoms. The summed E-state index contributed by atoms with van der Waals surface area (Å²) >= 11 is 0. The van der Waals surface area contributed by atoms with Crippen LogP contribution in [0.2, 0.25) is 0 Å². The Hall–Kier alpha value is -3.28. The molecule has 11 heteroatoms. The molecule has 1 saturated carbocycles. The van der Waals surface area contributed by atoms with Gasteiger partial charge in [0.05, 0.1) is 35.2 Å². The molecular formula is C28H35N3O7S. The van der Waals surface area contributed by atoms with Crippen molar-refractivity contribution in [2.24, 2.45) is 5.41 Å². The first-order valence-electron chi connectivity index (χ1n) is 12.9. The second kappa shape index (κ2) is 11.8. The Kier molecular flexibility index (Phi) is 8.73. The summed E-state index contributed by atoms with van der Waals surface area (Å²) in [5.74, 6) is -0.633. The Bertz CT molecular complexity index is 1440. The van der Waals surface area contributed by atoms with E-state index in [4.69, 9.17) is 14.1 Å². The van der Waals surface area contributed by atoms with E-state index in [0.29, 0.717) is 28.8 Å². The second-order valence-corrected chi connectivity index (χ2v) is 11.5. The average molecular weight is 558 g/mol. The summed E-state index contributed by atoms with van der Waals surface area (Å²) < 4.78 is 36.9. The van der Waals surface area contributed by atoms with Gasteiger partial charge in [-0.25, -0.2) is 13.4 Å². The number of hydrogen-bond donors (Lipinski definition) is 3. The summed E-state index contributed by atoms with van der Waals surface area (Å²) in [6, 6.07) is 9.57. The molecule has 1 aliphatic carbocycles.